The third-order valence-corrected chi connectivity index (χ3v) is 6.14. The largest absolute Gasteiger partial charge is 0.491 e. The van der Waals surface area contributed by atoms with Crippen molar-refractivity contribution in [2.45, 2.75) is 31.5 Å². The minimum Gasteiger partial charge on any atom is -0.491 e. The van der Waals surface area contributed by atoms with Gasteiger partial charge in [-0.3, -0.25) is 19.3 Å². The summed E-state index contributed by atoms with van der Waals surface area (Å²) >= 11 is 0. The predicted octanol–water partition coefficient (Wildman–Crippen LogP) is 3.62. The zero-order valence-electron chi connectivity index (χ0n) is 19.4. The van der Waals surface area contributed by atoms with Gasteiger partial charge >= 0.3 is 6.18 Å². The Hall–Kier alpha value is -3.74. The maximum Gasteiger partial charge on any atom is 0.408 e. The summed E-state index contributed by atoms with van der Waals surface area (Å²) in [5.74, 6) is 0.236. The van der Waals surface area contributed by atoms with Gasteiger partial charge in [0.15, 0.2) is 5.75 Å². The predicted molar refractivity (Wildman–Crippen MR) is 119 cm³/mol. The summed E-state index contributed by atoms with van der Waals surface area (Å²) in [5.41, 5.74) is 1.92. The Kier molecular flexibility index (Phi) is 6.02. The van der Waals surface area contributed by atoms with Crippen LogP contribution in [0, 0.1) is 0 Å². The maximum absolute atomic E-state index is 14.2. The monoisotopic (exact) mass is 506 g/mol. The number of pyridine rings is 2. The number of carbonyl (C=O) groups is 1. The number of alkyl halides is 4. The van der Waals surface area contributed by atoms with Gasteiger partial charge in [-0.2, -0.15) is 18.3 Å². The van der Waals surface area contributed by atoms with Gasteiger partial charge in [0.2, 0.25) is 0 Å². The molecule has 1 amide bonds. The van der Waals surface area contributed by atoms with Crippen molar-refractivity contribution < 1.29 is 31.8 Å². The number of nitrogens with zero attached hydrogens (tertiary/aromatic N) is 6. The van der Waals surface area contributed by atoms with Crippen LogP contribution in [-0.4, -0.2) is 70.2 Å². The summed E-state index contributed by atoms with van der Waals surface area (Å²) < 4.78 is 64.0. The van der Waals surface area contributed by atoms with Crippen molar-refractivity contribution in [1.29, 1.82) is 0 Å². The van der Waals surface area contributed by atoms with E-state index in [1.165, 1.54) is 25.3 Å². The van der Waals surface area contributed by atoms with Crippen LogP contribution in [0.3, 0.4) is 0 Å². The van der Waals surface area contributed by atoms with Crippen molar-refractivity contribution >= 4 is 11.6 Å². The summed E-state index contributed by atoms with van der Waals surface area (Å²) in [4.78, 5) is 25.5. The highest BCUT2D eigenvalue weighted by Crippen LogP contribution is 2.41. The summed E-state index contributed by atoms with van der Waals surface area (Å²) in [6.45, 7) is -0.873. The lowest BCUT2D eigenvalue weighted by Crippen LogP contribution is -2.39. The summed E-state index contributed by atoms with van der Waals surface area (Å²) in [6, 6.07) is 4.95. The lowest BCUT2D eigenvalue weighted by Gasteiger charge is -2.31. The smallest absolute Gasteiger partial charge is 0.408 e. The number of rotatable bonds is 6. The Morgan fingerprint density at radius 1 is 1.17 bits per heavy atom. The molecule has 3 aromatic heterocycles. The number of ether oxygens (including phenoxy) is 2. The lowest BCUT2D eigenvalue weighted by atomic mass is 10.1. The molecular formula is C23H22F4N6O3. The van der Waals surface area contributed by atoms with Gasteiger partial charge in [-0.15, -0.1) is 0 Å². The molecule has 5 heterocycles. The Labute approximate surface area is 203 Å². The Morgan fingerprint density at radius 3 is 2.64 bits per heavy atom. The second-order valence-electron chi connectivity index (χ2n) is 8.51. The molecule has 1 unspecified atom stereocenters. The van der Waals surface area contributed by atoms with Crippen molar-refractivity contribution in [3.8, 4) is 22.9 Å². The fourth-order valence-electron chi connectivity index (χ4n) is 4.56. The average Bonchev–Trinajstić information content (AvgIpc) is 3.54. The van der Waals surface area contributed by atoms with Crippen LogP contribution in [0.15, 0.2) is 36.8 Å². The molecule has 36 heavy (non-hydrogen) atoms. The number of hydrogen-bond donors (Lipinski definition) is 0. The Morgan fingerprint density at radius 2 is 1.97 bits per heavy atom. The highest BCUT2D eigenvalue weighted by atomic mass is 19.4. The van der Waals surface area contributed by atoms with Gasteiger partial charge < -0.3 is 9.47 Å². The summed E-state index contributed by atoms with van der Waals surface area (Å²) in [6.07, 6.45) is -2.17. The molecule has 0 saturated carbocycles. The van der Waals surface area contributed by atoms with E-state index in [1.54, 1.807) is 29.3 Å². The number of fused-ring (bicyclic) bond motifs is 1. The summed E-state index contributed by atoms with van der Waals surface area (Å²) in [5, 5.41) is 3.78. The molecule has 3 aromatic rings. The van der Waals surface area contributed by atoms with Crippen molar-refractivity contribution in [3.63, 3.8) is 0 Å². The van der Waals surface area contributed by atoms with Gasteiger partial charge in [0.25, 0.3) is 11.8 Å². The molecule has 190 valence electrons. The van der Waals surface area contributed by atoms with E-state index in [0.717, 1.165) is 10.9 Å². The highest BCUT2D eigenvalue weighted by Gasteiger charge is 2.45. The molecule has 9 nitrogen and oxygen atoms in total. The van der Waals surface area contributed by atoms with Gasteiger partial charge in [-0.25, -0.2) is 14.4 Å². The van der Waals surface area contributed by atoms with Crippen LogP contribution in [0.5, 0.6) is 11.6 Å². The third kappa shape index (κ3) is 4.34. The fraction of sp³-hybridized carbons (Fsp3) is 0.391. The number of aromatic nitrogens is 4. The quantitative estimate of drug-likeness (QED) is 0.472. The fourth-order valence-corrected chi connectivity index (χ4v) is 4.56. The zero-order valence-corrected chi connectivity index (χ0v) is 19.4. The minimum atomic E-state index is -4.47. The average molecular weight is 506 g/mol. The van der Waals surface area contributed by atoms with E-state index < -0.39 is 31.0 Å². The van der Waals surface area contributed by atoms with Gasteiger partial charge in [-0.1, -0.05) is 0 Å². The molecule has 2 atom stereocenters. The topological polar surface area (TPSA) is 85.6 Å². The van der Waals surface area contributed by atoms with Gasteiger partial charge in [0.1, 0.15) is 18.9 Å². The molecule has 0 N–H and O–H groups in total. The van der Waals surface area contributed by atoms with E-state index in [-0.39, 0.29) is 24.2 Å². The highest BCUT2D eigenvalue weighted by molar-refractivity contribution is 6.10. The zero-order chi connectivity index (χ0) is 25.6. The molecule has 0 bridgehead atoms. The van der Waals surface area contributed by atoms with Crippen LogP contribution < -0.4 is 14.4 Å². The number of methoxy groups -OCH3 is 2. The molecule has 2 aliphatic heterocycles. The molecule has 1 saturated heterocycles. The molecule has 0 radical (unpaired) electrons. The summed E-state index contributed by atoms with van der Waals surface area (Å²) in [7, 11) is 2.94. The molecule has 0 aromatic carbocycles. The van der Waals surface area contributed by atoms with E-state index in [0.29, 0.717) is 35.1 Å². The first-order valence-electron chi connectivity index (χ1n) is 11.1. The van der Waals surface area contributed by atoms with E-state index in [2.05, 4.69) is 10.1 Å². The van der Waals surface area contributed by atoms with Crippen LogP contribution >= 0.6 is 0 Å². The van der Waals surface area contributed by atoms with E-state index in [1.807, 2.05) is 0 Å². The molecule has 1 fully saturated rings. The molecule has 2 aliphatic rings. The Bertz CT molecular complexity index is 1300. The maximum atomic E-state index is 14.2. The van der Waals surface area contributed by atoms with Crippen LogP contribution in [0.4, 0.5) is 23.2 Å². The minimum absolute atomic E-state index is 0.0639. The van der Waals surface area contributed by atoms with Crippen LogP contribution in [0.25, 0.3) is 11.3 Å². The number of halogens is 4. The SMILES string of the molecule is COc1cc(-c2ccc3c(n2)C(N2CC[C@@H](F)C2)N(c2cnn(CC(F)(F)F)c2)C3=O)cnc1OC. The standard InChI is InChI=1S/C23H22F4N6O3/c1-35-18-7-13(8-28-20(18)36-2)17-4-3-16-19(30-17)21(31-6-5-14(24)10-31)33(22(16)34)15-9-29-32(11-15)12-23(25,26)27/h3-4,7-9,11,14,21H,5-6,10,12H2,1-2H3/t14-,21?/m1/s1. The van der Waals surface area contributed by atoms with Gasteiger partial charge in [0.05, 0.1) is 43.1 Å². The number of anilines is 1. The third-order valence-electron chi connectivity index (χ3n) is 6.14. The normalized spacial score (nSPS) is 20.2. The number of likely N-dealkylation sites (tertiary alicyclic amines) is 1. The first-order chi connectivity index (χ1) is 17.2. The number of hydrogen-bond acceptors (Lipinski definition) is 7. The molecule has 0 aliphatic carbocycles. The number of carbonyl (C=O) groups excluding carboxylic acids is 1. The van der Waals surface area contributed by atoms with Crippen molar-refractivity contribution in [2.75, 3.05) is 32.2 Å². The van der Waals surface area contributed by atoms with Crippen molar-refractivity contribution in [2.24, 2.45) is 0 Å². The first-order valence-corrected chi connectivity index (χ1v) is 11.1. The van der Waals surface area contributed by atoms with E-state index in [9.17, 15) is 22.4 Å². The Balaban J connectivity index is 1.56. The first kappa shape index (κ1) is 24.0. The second-order valence-corrected chi connectivity index (χ2v) is 8.51. The molecule has 0 spiro atoms. The lowest BCUT2D eigenvalue weighted by molar-refractivity contribution is -0.142. The van der Waals surface area contributed by atoms with Gasteiger partial charge in [-0.05, 0) is 24.6 Å². The molecular weight excluding hydrogens is 484 g/mol. The molecule has 5 rings (SSSR count). The number of amides is 1. The van der Waals surface area contributed by atoms with Crippen LogP contribution in [0.1, 0.15) is 28.6 Å². The van der Waals surface area contributed by atoms with Crippen molar-refractivity contribution in [1.82, 2.24) is 24.6 Å². The van der Waals surface area contributed by atoms with Gasteiger partial charge in [0, 0.05) is 31.0 Å². The van der Waals surface area contributed by atoms with E-state index >= 15 is 0 Å². The second kappa shape index (κ2) is 9.04. The van der Waals surface area contributed by atoms with Crippen LogP contribution in [-0.2, 0) is 6.54 Å². The van der Waals surface area contributed by atoms with Crippen molar-refractivity contribution in [3.05, 3.63) is 48.0 Å². The molecule has 13 heteroatoms. The van der Waals surface area contributed by atoms with Crippen LogP contribution in [0.2, 0.25) is 0 Å². The van der Waals surface area contributed by atoms with E-state index in [4.69, 9.17) is 14.5 Å².